The summed E-state index contributed by atoms with van der Waals surface area (Å²) >= 11 is 0. The molecular formula is C24H47N3O2. The second-order valence-corrected chi connectivity index (χ2v) is 8.99. The van der Waals surface area contributed by atoms with Crippen LogP contribution in [0.1, 0.15) is 103 Å². The van der Waals surface area contributed by atoms with Gasteiger partial charge in [-0.05, 0) is 39.8 Å². The summed E-state index contributed by atoms with van der Waals surface area (Å²) < 4.78 is 0. The highest BCUT2D eigenvalue weighted by Gasteiger charge is 2.23. The lowest BCUT2D eigenvalue weighted by atomic mass is 10.0. The van der Waals surface area contributed by atoms with Crippen LogP contribution in [0.2, 0.25) is 0 Å². The fourth-order valence-corrected chi connectivity index (χ4v) is 4.24. The van der Waals surface area contributed by atoms with Crippen molar-refractivity contribution in [1.29, 1.82) is 0 Å². The summed E-state index contributed by atoms with van der Waals surface area (Å²) in [4.78, 5) is 27.8. The zero-order chi connectivity index (χ0) is 21.3. The Bertz CT molecular complexity index is 432. The predicted molar refractivity (Wildman–Crippen MR) is 122 cm³/mol. The van der Waals surface area contributed by atoms with Gasteiger partial charge in [-0.1, -0.05) is 64.2 Å². The van der Waals surface area contributed by atoms with Gasteiger partial charge in [-0.2, -0.15) is 0 Å². The molecule has 1 N–H and O–H groups in total. The van der Waals surface area contributed by atoms with E-state index in [0.29, 0.717) is 18.4 Å². The van der Waals surface area contributed by atoms with Gasteiger partial charge in [0.25, 0.3) is 0 Å². The van der Waals surface area contributed by atoms with Crippen LogP contribution in [0.5, 0.6) is 0 Å². The van der Waals surface area contributed by atoms with Crippen molar-refractivity contribution >= 4 is 11.8 Å². The van der Waals surface area contributed by atoms with Crippen LogP contribution in [0.3, 0.4) is 0 Å². The maximum Gasteiger partial charge on any atom is 0.222 e. The first-order valence-corrected chi connectivity index (χ1v) is 12.2. The van der Waals surface area contributed by atoms with Crippen LogP contribution in [0.25, 0.3) is 0 Å². The zero-order valence-electron chi connectivity index (χ0n) is 19.5. The SMILES string of the molecule is CNC(=O)CCCCCCCCCCCCCCC(=O)N1CCC(N(C)C)CC1. The quantitative estimate of drug-likeness (QED) is 0.374. The van der Waals surface area contributed by atoms with E-state index in [1.165, 1.54) is 64.2 Å². The number of unbranched alkanes of at least 4 members (excludes halogenated alkanes) is 11. The molecule has 5 nitrogen and oxygen atoms in total. The van der Waals surface area contributed by atoms with E-state index in [1.54, 1.807) is 7.05 Å². The van der Waals surface area contributed by atoms with E-state index in [4.69, 9.17) is 0 Å². The third-order valence-electron chi connectivity index (χ3n) is 6.37. The summed E-state index contributed by atoms with van der Waals surface area (Å²) in [5.74, 6) is 0.538. The highest BCUT2D eigenvalue weighted by Crippen LogP contribution is 2.17. The fraction of sp³-hybridized carbons (Fsp3) is 0.917. The average molecular weight is 410 g/mol. The molecule has 0 saturated carbocycles. The number of amides is 2. The number of rotatable bonds is 16. The van der Waals surface area contributed by atoms with E-state index in [0.717, 1.165) is 45.2 Å². The van der Waals surface area contributed by atoms with Crippen LogP contribution in [0.4, 0.5) is 0 Å². The largest absolute Gasteiger partial charge is 0.359 e. The van der Waals surface area contributed by atoms with E-state index in [1.807, 2.05) is 0 Å². The highest BCUT2D eigenvalue weighted by molar-refractivity contribution is 5.76. The maximum atomic E-state index is 12.3. The molecule has 0 unspecified atom stereocenters. The first-order valence-electron chi connectivity index (χ1n) is 12.2. The molecule has 0 radical (unpaired) electrons. The molecule has 0 aromatic heterocycles. The first kappa shape index (κ1) is 25.9. The van der Waals surface area contributed by atoms with Crippen molar-refractivity contribution in [2.75, 3.05) is 34.2 Å². The third-order valence-corrected chi connectivity index (χ3v) is 6.37. The fourth-order valence-electron chi connectivity index (χ4n) is 4.24. The summed E-state index contributed by atoms with van der Waals surface area (Å²) in [6, 6.07) is 0.646. The number of hydrogen-bond donors (Lipinski definition) is 1. The number of carbonyl (C=O) groups is 2. The van der Waals surface area contributed by atoms with Crippen LogP contribution < -0.4 is 5.32 Å². The van der Waals surface area contributed by atoms with Crippen LogP contribution in [-0.4, -0.2) is 61.9 Å². The van der Waals surface area contributed by atoms with Gasteiger partial charge >= 0.3 is 0 Å². The lowest BCUT2D eigenvalue weighted by Gasteiger charge is -2.35. The summed E-state index contributed by atoms with van der Waals surface area (Å²) in [6.45, 7) is 1.88. The van der Waals surface area contributed by atoms with Crippen molar-refractivity contribution in [2.45, 2.75) is 109 Å². The first-order chi connectivity index (χ1) is 14.0. The van der Waals surface area contributed by atoms with Crippen LogP contribution >= 0.6 is 0 Å². The Morgan fingerprint density at radius 1 is 0.759 bits per heavy atom. The molecule has 1 fully saturated rings. The maximum absolute atomic E-state index is 12.3. The minimum absolute atomic E-state index is 0.166. The molecule has 5 heteroatoms. The Morgan fingerprint density at radius 3 is 1.59 bits per heavy atom. The molecule has 170 valence electrons. The minimum atomic E-state index is 0.166. The average Bonchev–Trinajstić information content (AvgIpc) is 2.73. The molecule has 0 bridgehead atoms. The van der Waals surface area contributed by atoms with E-state index in [2.05, 4.69) is 29.2 Å². The monoisotopic (exact) mass is 409 g/mol. The van der Waals surface area contributed by atoms with Crippen molar-refractivity contribution in [1.82, 2.24) is 15.1 Å². The summed E-state index contributed by atoms with van der Waals surface area (Å²) in [7, 11) is 5.98. The molecule has 29 heavy (non-hydrogen) atoms. The van der Waals surface area contributed by atoms with Gasteiger partial charge < -0.3 is 15.1 Å². The van der Waals surface area contributed by atoms with E-state index in [9.17, 15) is 9.59 Å². The topological polar surface area (TPSA) is 52.7 Å². The highest BCUT2D eigenvalue weighted by atomic mass is 16.2. The summed E-state index contributed by atoms with van der Waals surface area (Å²) in [5, 5.41) is 2.67. The molecule has 1 aliphatic rings. The molecular weight excluding hydrogens is 362 g/mol. The lowest BCUT2D eigenvalue weighted by molar-refractivity contribution is -0.132. The Labute approximate surface area is 180 Å². The van der Waals surface area contributed by atoms with Gasteiger partial charge in [0.2, 0.25) is 11.8 Å². The summed E-state index contributed by atoms with van der Waals surface area (Å²) in [6.07, 6.45) is 18.6. The number of hydrogen-bond acceptors (Lipinski definition) is 3. The van der Waals surface area contributed by atoms with E-state index < -0.39 is 0 Å². The van der Waals surface area contributed by atoms with Crippen LogP contribution in [0, 0.1) is 0 Å². The predicted octanol–water partition coefficient (Wildman–Crippen LogP) is 4.75. The Hall–Kier alpha value is -1.10. The molecule has 0 aromatic rings. The molecule has 1 aliphatic heterocycles. The Morgan fingerprint density at radius 2 is 1.17 bits per heavy atom. The van der Waals surface area contributed by atoms with Gasteiger partial charge in [-0.25, -0.2) is 0 Å². The molecule has 0 spiro atoms. The van der Waals surface area contributed by atoms with Gasteiger partial charge in [0.1, 0.15) is 0 Å². The molecule has 0 aliphatic carbocycles. The lowest BCUT2D eigenvalue weighted by Crippen LogP contribution is -2.44. The van der Waals surface area contributed by atoms with Crippen molar-refractivity contribution in [3.8, 4) is 0 Å². The summed E-state index contributed by atoms with van der Waals surface area (Å²) in [5.41, 5.74) is 0. The molecule has 1 rings (SSSR count). The Balaban J connectivity index is 1.82. The zero-order valence-corrected chi connectivity index (χ0v) is 19.5. The van der Waals surface area contributed by atoms with Crippen molar-refractivity contribution in [3.63, 3.8) is 0 Å². The van der Waals surface area contributed by atoms with Gasteiger partial charge in [-0.3, -0.25) is 9.59 Å². The van der Waals surface area contributed by atoms with Crippen molar-refractivity contribution < 1.29 is 9.59 Å². The second kappa shape index (κ2) is 16.7. The van der Waals surface area contributed by atoms with Gasteiger partial charge in [0.15, 0.2) is 0 Å². The van der Waals surface area contributed by atoms with Gasteiger partial charge in [-0.15, -0.1) is 0 Å². The third kappa shape index (κ3) is 12.9. The normalized spacial score (nSPS) is 15.1. The minimum Gasteiger partial charge on any atom is -0.359 e. The van der Waals surface area contributed by atoms with Crippen LogP contribution in [0.15, 0.2) is 0 Å². The number of nitrogens with zero attached hydrogens (tertiary/aromatic N) is 2. The van der Waals surface area contributed by atoms with Crippen LogP contribution in [-0.2, 0) is 9.59 Å². The van der Waals surface area contributed by atoms with Crippen molar-refractivity contribution in [3.05, 3.63) is 0 Å². The number of likely N-dealkylation sites (tertiary alicyclic amines) is 1. The molecule has 0 atom stereocenters. The second-order valence-electron chi connectivity index (χ2n) is 8.99. The number of nitrogens with one attached hydrogen (secondary N) is 1. The van der Waals surface area contributed by atoms with E-state index in [-0.39, 0.29) is 5.91 Å². The van der Waals surface area contributed by atoms with Gasteiger partial charge in [0.05, 0.1) is 0 Å². The smallest absolute Gasteiger partial charge is 0.222 e. The van der Waals surface area contributed by atoms with Crippen molar-refractivity contribution in [2.24, 2.45) is 0 Å². The molecule has 2 amide bonds. The number of carbonyl (C=O) groups excluding carboxylic acids is 2. The molecule has 0 aromatic carbocycles. The Kier molecular flexibility index (Phi) is 14.9. The molecule has 1 heterocycles. The molecule has 1 saturated heterocycles. The van der Waals surface area contributed by atoms with E-state index >= 15 is 0 Å². The van der Waals surface area contributed by atoms with Gasteiger partial charge in [0, 0.05) is 39.0 Å². The standard InChI is InChI=1S/C24H47N3O2/c1-25-23(28)16-14-12-10-8-6-4-5-7-9-11-13-15-17-24(29)27-20-18-22(19-21-27)26(2)3/h22H,4-21H2,1-3H3,(H,25,28). The number of piperidine rings is 1.